The lowest BCUT2D eigenvalue weighted by molar-refractivity contribution is -0.124. The molecule has 0 radical (unpaired) electrons. The monoisotopic (exact) mass is 316 g/mol. The first kappa shape index (κ1) is 16.3. The molecule has 0 bridgehead atoms. The topological polar surface area (TPSA) is 41.6 Å². The van der Waals surface area contributed by atoms with E-state index >= 15 is 0 Å². The second-order valence-electron chi connectivity index (χ2n) is 4.76. The average Bonchev–Trinajstić information content (AvgIpc) is 2.24. The highest BCUT2D eigenvalue weighted by molar-refractivity contribution is 6.68. The van der Waals surface area contributed by atoms with E-state index in [0.717, 1.165) is 0 Å². The van der Waals surface area contributed by atoms with Gasteiger partial charge in [-0.05, 0) is 5.92 Å². The van der Waals surface area contributed by atoms with Gasteiger partial charge in [0.15, 0.2) is 0 Å². The van der Waals surface area contributed by atoms with E-state index in [1.807, 2.05) is 18.7 Å². The van der Waals surface area contributed by atoms with Crippen LogP contribution in [0.25, 0.3) is 0 Å². The highest BCUT2D eigenvalue weighted by Crippen LogP contribution is 2.32. The molecule has 1 atom stereocenters. The molecule has 1 fully saturated rings. The quantitative estimate of drug-likeness (QED) is 0.808. The summed E-state index contributed by atoms with van der Waals surface area (Å²) >= 11 is 17.8. The van der Waals surface area contributed by atoms with E-state index in [9.17, 15) is 4.79 Å². The molecule has 0 saturated carbocycles. The van der Waals surface area contributed by atoms with Crippen LogP contribution in [0.4, 0.5) is 0 Å². The molecule has 106 valence electrons. The summed E-state index contributed by atoms with van der Waals surface area (Å²) in [6.07, 6.45) is -0.195. The molecule has 1 heterocycles. The lowest BCUT2D eigenvalue weighted by Gasteiger charge is -2.38. The van der Waals surface area contributed by atoms with Gasteiger partial charge in [-0.1, -0.05) is 48.7 Å². The number of hydrogen-bond donors (Lipinski definition) is 1. The average molecular weight is 318 g/mol. The Morgan fingerprint density at radius 3 is 2.33 bits per heavy atom. The number of nitrogens with one attached hydrogen (secondary N) is 1. The fourth-order valence-electron chi connectivity index (χ4n) is 1.80. The lowest BCUT2D eigenvalue weighted by Crippen LogP contribution is -2.58. The van der Waals surface area contributed by atoms with Gasteiger partial charge in [-0.2, -0.15) is 0 Å². The number of carbonyl (C=O) groups excluding carboxylic acids is 1. The van der Waals surface area contributed by atoms with Crippen LogP contribution in [0.5, 0.6) is 0 Å². The smallest absolute Gasteiger partial charge is 0.223 e. The van der Waals surface area contributed by atoms with E-state index in [4.69, 9.17) is 39.5 Å². The minimum absolute atomic E-state index is 0.104. The predicted octanol–water partition coefficient (Wildman–Crippen LogP) is 2.18. The molecule has 1 saturated heterocycles. The Labute approximate surface area is 123 Å². The van der Waals surface area contributed by atoms with Crippen LogP contribution in [0, 0.1) is 5.92 Å². The molecule has 0 aliphatic carbocycles. The van der Waals surface area contributed by atoms with E-state index in [1.165, 1.54) is 0 Å². The van der Waals surface area contributed by atoms with Crippen molar-refractivity contribution < 1.29 is 9.53 Å². The van der Waals surface area contributed by atoms with E-state index in [0.29, 0.717) is 32.7 Å². The molecule has 0 aromatic rings. The highest BCUT2D eigenvalue weighted by Gasteiger charge is 2.38. The van der Waals surface area contributed by atoms with E-state index in [1.54, 1.807) is 0 Å². The van der Waals surface area contributed by atoms with Gasteiger partial charge in [0, 0.05) is 19.5 Å². The SMILES string of the molecule is CC(C)CC(=O)NC(N1CCOCC1)C(Cl)(Cl)Cl. The molecule has 1 aliphatic rings. The van der Waals surface area contributed by atoms with Crippen LogP contribution in [0.2, 0.25) is 0 Å². The number of nitrogens with zero attached hydrogens (tertiary/aromatic N) is 1. The van der Waals surface area contributed by atoms with Crippen LogP contribution in [-0.2, 0) is 9.53 Å². The first-order valence-corrected chi connectivity index (χ1v) is 7.12. The van der Waals surface area contributed by atoms with Crippen molar-refractivity contribution in [3.63, 3.8) is 0 Å². The summed E-state index contributed by atoms with van der Waals surface area (Å²) in [5.41, 5.74) is 0. The van der Waals surface area contributed by atoms with Crippen LogP contribution in [0.1, 0.15) is 20.3 Å². The Balaban J connectivity index is 2.63. The molecule has 1 amide bonds. The van der Waals surface area contributed by atoms with Crippen molar-refractivity contribution in [2.75, 3.05) is 26.3 Å². The molecule has 0 aromatic heterocycles. The maximum Gasteiger partial charge on any atom is 0.223 e. The summed E-state index contributed by atoms with van der Waals surface area (Å²) in [5.74, 6) is 0.165. The number of alkyl halides is 3. The second kappa shape index (κ2) is 7.15. The fraction of sp³-hybridized carbons (Fsp3) is 0.909. The molecule has 1 aliphatic heterocycles. The van der Waals surface area contributed by atoms with Crippen molar-refractivity contribution in [3.05, 3.63) is 0 Å². The zero-order valence-corrected chi connectivity index (χ0v) is 12.9. The number of amides is 1. The van der Waals surface area contributed by atoms with Crippen LogP contribution < -0.4 is 5.32 Å². The summed E-state index contributed by atoms with van der Waals surface area (Å²) in [6.45, 7) is 6.38. The van der Waals surface area contributed by atoms with E-state index in [2.05, 4.69) is 5.32 Å². The molecule has 4 nitrogen and oxygen atoms in total. The van der Waals surface area contributed by atoms with Gasteiger partial charge in [0.25, 0.3) is 0 Å². The minimum Gasteiger partial charge on any atom is -0.379 e. The van der Waals surface area contributed by atoms with Gasteiger partial charge in [0.2, 0.25) is 9.70 Å². The predicted molar refractivity (Wildman–Crippen MR) is 74.1 cm³/mol. The first-order valence-electron chi connectivity index (χ1n) is 5.98. The second-order valence-corrected chi connectivity index (χ2v) is 7.13. The van der Waals surface area contributed by atoms with Gasteiger partial charge in [0.05, 0.1) is 13.2 Å². The van der Waals surface area contributed by atoms with Crippen molar-refractivity contribution in [2.45, 2.75) is 30.2 Å². The Morgan fingerprint density at radius 2 is 1.89 bits per heavy atom. The van der Waals surface area contributed by atoms with Crippen molar-refractivity contribution in [1.82, 2.24) is 10.2 Å². The molecular formula is C11H19Cl3N2O2. The fourth-order valence-corrected chi connectivity index (χ4v) is 2.38. The van der Waals surface area contributed by atoms with Gasteiger partial charge in [-0.25, -0.2) is 0 Å². The van der Waals surface area contributed by atoms with Crippen molar-refractivity contribution in [3.8, 4) is 0 Å². The van der Waals surface area contributed by atoms with Crippen LogP contribution in [-0.4, -0.2) is 47.1 Å². The Bertz CT molecular complexity index is 276. The summed E-state index contributed by atoms with van der Waals surface area (Å²) in [4.78, 5) is 13.7. The van der Waals surface area contributed by atoms with Gasteiger partial charge in [-0.3, -0.25) is 9.69 Å². The zero-order chi connectivity index (χ0) is 13.8. The Hall–Kier alpha value is 0.260. The number of morpholine rings is 1. The molecule has 1 rings (SSSR count). The number of ether oxygens (including phenoxy) is 1. The Kier molecular flexibility index (Phi) is 6.48. The van der Waals surface area contributed by atoms with Crippen molar-refractivity contribution in [1.29, 1.82) is 0 Å². The third kappa shape index (κ3) is 5.49. The maximum atomic E-state index is 11.8. The van der Waals surface area contributed by atoms with Crippen molar-refractivity contribution >= 4 is 40.7 Å². The first-order chi connectivity index (χ1) is 8.30. The molecule has 18 heavy (non-hydrogen) atoms. The number of hydrogen-bond acceptors (Lipinski definition) is 3. The highest BCUT2D eigenvalue weighted by atomic mass is 35.6. The Morgan fingerprint density at radius 1 is 1.33 bits per heavy atom. The van der Waals surface area contributed by atoms with Gasteiger partial charge in [0.1, 0.15) is 6.17 Å². The van der Waals surface area contributed by atoms with Crippen LogP contribution in [0.3, 0.4) is 0 Å². The number of rotatable bonds is 4. The summed E-state index contributed by atoms with van der Waals surface area (Å²) < 4.78 is 3.70. The standard InChI is InChI=1S/C11H19Cl3N2O2/c1-8(2)7-9(17)15-10(11(12,13)14)16-3-5-18-6-4-16/h8,10H,3-7H2,1-2H3,(H,15,17). The van der Waals surface area contributed by atoms with Gasteiger partial charge in [-0.15, -0.1) is 0 Å². The summed E-state index contributed by atoms with van der Waals surface area (Å²) in [6, 6.07) is 0. The number of halogens is 3. The van der Waals surface area contributed by atoms with E-state index in [-0.39, 0.29) is 11.8 Å². The maximum absolute atomic E-state index is 11.8. The zero-order valence-electron chi connectivity index (χ0n) is 10.6. The van der Waals surface area contributed by atoms with Crippen LogP contribution in [0.15, 0.2) is 0 Å². The lowest BCUT2D eigenvalue weighted by atomic mass is 10.1. The largest absolute Gasteiger partial charge is 0.379 e. The minimum atomic E-state index is -1.55. The van der Waals surface area contributed by atoms with Gasteiger partial charge < -0.3 is 10.1 Å². The molecule has 0 aromatic carbocycles. The molecule has 1 unspecified atom stereocenters. The molecule has 0 spiro atoms. The molecule has 7 heteroatoms. The summed E-state index contributed by atoms with van der Waals surface area (Å²) in [7, 11) is 0. The summed E-state index contributed by atoms with van der Waals surface area (Å²) in [5, 5.41) is 2.79. The normalized spacial score (nSPS) is 19.9. The van der Waals surface area contributed by atoms with E-state index < -0.39 is 9.96 Å². The van der Waals surface area contributed by atoms with Crippen molar-refractivity contribution in [2.24, 2.45) is 5.92 Å². The van der Waals surface area contributed by atoms with Gasteiger partial charge >= 0.3 is 0 Å². The number of carbonyl (C=O) groups is 1. The third-order valence-corrected chi connectivity index (χ3v) is 3.23. The van der Waals surface area contributed by atoms with Crippen LogP contribution >= 0.6 is 34.8 Å². The third-order valence-electron chi connectivity index (χ3n) is 2.61. The molecule has 1 N–H and O–H groups in total. The molecular weight excluding hydrogens is 298 g/mol.